The number of hydrogen-bond donors (Lipinski definition) is 1. The molecule has 0 saturated carbocycles. The van der Waals surface area contributed by atoms with E-state index < -0.39 is 25.4 Å². The fraction of sp³-hybridized carbons (Fsp3) is 0.842. The topological polar surface area (TPSA) is 36.4 Å². The van der Waals surface area contributed by atoms with E-state index in [1.807, 2.05) is 18.2 Å². The summed E-state index contributed by atoms with van der Waals surface area (Å²) in [6.07, 6.45) is 11.3. The monoisotopic (exact) mass is 474 g/mol. The molecule has 0 aliphatic heterocycles. The Kier molecular flexibility index (Phi) is 11.7. The number of thiazole rings is 1. The van der Waals surface area contributed by atoms with Crippen molar-refractivity contribution in [1.82, 2.24) is 4.98 Å². The molecule has 0 saturated heterocycles. The van der Waals surface area contributed by atoms with Gasteiger partial charge in [0, 0.05) is 0 Å². The van der Waals surface area contributed by atoms with Gasteiger partial charge in [-0.1, -0.05) is 0 Å². The van der Waals surface area contributed by atoms with E-state index in [4.69, 9.17) is 4.98 Å². The Morgan fingerprint density at radius 1 is 1.00 bits per heavy atom. The fourth-order valence-corrected chi connectivity index (χ4v) is 23.3. The summed E-state index contributed by atoms with van der Waals surface area (Å²) in [5, 5.41) is 11.2. The minimum absolute atomic E-state index is 0.453. The molecule has 0 bridgehead atoms. The first kappa shape index (κ1) is 23.3. The standard InChI is InChI=1S/C7H12BN2OS.3C4H9.Sn/c1-3-5-10(8(2)11)7-9-4-6-12-7;3*1-3-4-2;/h4,11H,3,5H2,1-2H3;3*1,3-4H2,2H3;. The maximum atomic E-state index is 10.1. The van der Waals surface area contributed by atoms with Gasteiger partial charge in [0.05, 0.1) is 0 Å². The van der Waals surface area contributed by atoms with Crippen molar-refractivity contribution in [2.75, 3.05) is 11.4 Å². The number of unbranched alkanes of at least 4 members (excludes halogenated alkanes) is 3. The Morgan fingerprint density at radius 3 is 1.92 bits per heavy atom. The van der Waals surface area contributed by atoms with Gasteiger partial charge in [-0.3, -0.25) is 0 Å². The van der Waals surface area contributed by atoms with Gasteiger partial charge in [-0.15, -0.1) is 0 Å². The van der Waals surface area contributed by atoms with Crippen LogP contribution in [0.15, 0.2) is 6.20 Å². The Bertz CT molecular complexity index is 448. The molecule has 25 heavy (non-hydrogen) atoms. The summed E-state index contributed by atoms with van der Waals surface area (Å²) in [6, 6.07) is 0. The van der Waals surface area contributed by atoms with Gasteiger partial charge in [0.2, 0.25) is 0 Å². The van der Waals surface area contributed by atoms with E-state index >= 15 is 0 Å². The molecule has 0 aliphatic carbocycles. The molecule has 1 rings (SSSR count). The Morgan fingerprint density at radius 2 is 1.52 bits per heavy atom. The average Bonchev–Trinajstić information content (AvgIpc) is 3.09. The Balaban J connectivity index is 3.14. The predicted octanol–water partition coefficient (Wildman–Crippen LogP) is 5.53. The molecule has 0 spiro atoms. The van der Waals surface area contributed by atoms with E-state index in [-0.39, 0.29) is 0 Å². The van der Waals surface area contributed by atoms with Gasteiger partial charge in [0.1, 0.15) is 0 Å². The Hall–Kier alpha value is 0.254. The first-order chi connectivity index (χ1) is 12.0. The number of nitrogens with zero attached hydrogens (tertiary/aromatic N) is 2. The van der Waals surface area contributed by atoms with Crippen molar-refractivity contribution in [1.29, 1.82) is 0 Å². The molecule has 0 fully saturated rings. The van der Waals surface area contributed by atoms with E-state index in [1.54, 1.807) is 2.89 Å². The van der Waals surface area contributed by atoms with Crippen LogP contribution in [0.5, 0.6) is 0 Å². The third-order valence-corrected chi connectivity index (χ3v) is 24.4. The first-order valence-corrected chi connectivity index (χ1v) is 18.7. The second-order valence-electron chi connectivity index (χ2n) is 7.42. The quantitative estimate of drug-likeness (QED) is 0.362. The predicted molar refractivity (Wildman–Crippen MR) is 118 cm³/mol. The summed E-state index contributed by atoms with van der Waals surface area (Å²) in [7, 11) is -0.453. The molecule has 144 valence electrons. The van der Waals surface area contributed by atoms with E-state index in [2.05, 4.69) is 38.7 Å². The molecule has 0 amide bonds. The van der Waals surface area contributed by atoms with Gasteiger partial charge in [-0.05, 0) is 0 Å². The van der Waals surface area contributed by atoms with Crippen LogP contribution < -0.4 is 7.70 Å². The molecular formula is C19H39BN2OSSn. The van der Waals surface area contributed by atoms with Crippen LogP contribution in [0, 0.1) is 0 Å². The number of aromatic nitrogens is 1. The van der Waals surface area contributed by atoms with Gasteiger partial charge in [-0.25, -0.2) is 0 Å². The van der Waals surface area contributed by atoms with Crippen molar-refractivity contribution in [3.8, 4) is 0 Å². The molecule has 3 nitrogen and oxygen atoms in total. The zero-order valence-corrected chi connectivity index (χ0v) is 20.9. The molecule has 0 atom stereocenters. The van der Waals surface area contributed by atoms with Gasteiger partial charge < -0.3 is 0 Å². The summed E-state index contributed by atoms with van der Waals surface area (Å²) in [4.78, 5) is 6.86. The van der Waals surface area contributed by atoms with Crippen molar-refractivity contribution in [3.05, 3.63) is 6.20 Å². The van der Waals surface area contributed by atoms with Gasteiger partial charge >= 0.3 is 165 Å². The van der Waals surface area contributed by atoms with Gasteiger partial charge in [0.15, 0.2) is 0 Å². The average molecular weight is 473 g/mol. The van der Waals surface area contributed by atoms with Crippen molar-refractivity contribution < 1.29 is 5.02 Å². The normalized spacial score (nSPS) is 11.8. The van der Waals surface area contributed by atoms with E-state index in [1.165, 1.54) is 51.8 Å². The number of anilines is 1. The summed E-state index contributed by atoms with van der Waals surface area (Å²) in [5.41, 5.74) is 0. The van der Waals surface area contributed by atoms with Gasteiger partial charge in [-0.2, -0.15) is 0 Å². The third-order valence-electron chi connectivity index (χ3n) is 5.20. The second kappa shape index (κ2) is 12.6. The molecule has 1 aromatic heterocycles. The van der Waals surface area contributed by atoms with Crippen molar-refractivity contribution in [2.45, 2.75) is 92.8 Å². The number of rotatable bonds is 14. The van der Waals surface area contributed by atoms with Gasteiger partial charge in [0.25, 0.3) is 0 Å². The first-order valence-electron chi connectivity index (χ1n) is 10.5. The van der Waals surface area contributed by atoms with Crippen LogP contribution in [0.2, 0.25) is 20.1 Å². The molecular weight excluding hydrogens is 434 g/mol. The van der Waals surface area contributed by atoms with Crippen LogP contribution in [-0.4, -0.2) is 42.0 Å². The fourth-order valence-electron chi connectivity index (χ4n) is 3.62. The summed E-state index contributed by atoms with van der Waals surface area (Å²) >= 11 is -0.453. The Labute approximate surface area is 164 Å². The van der Waals surface area contributed by atoms with E-state index in [0.717, 1.165) is 18.1 Å². The van der Waals surface area contributed by atoms with Crippen molar-refractivity contribution >= 4 is 44.8 Å². The molecule has 1 heterocycles. The zero-order chi connectivity index (χ0) is 18.7. The summed E-state index contributed by atoms with van der Waals surface area (Å²) in [5.74, 6) is 0. The summed E-state index contributed by atoms with van der Waals surface area (Å²) in [6.45, 7) is 11.9. The SMILES string of the molecule is CCC[CH2][Sn]([CH2]CCC)([CH2]CCC)[c]1cnc(N(CCC)B(C)O)s1. The third kappa shape index (κ3) is 7.06. The van der Waals surface area contributed by atoms with Crippen LogP contribution in [0.1, 0.15) is 72.6 Å². The molecule has 1 N–H and O–H groups in total. The molecule has 0 aliphatic rings. The summed E-state index contributed by atoms with van der Waals surface area (Å²) < 4.78 is 6.10. The van der Waals surface area contributed by atoms with Crippen LogP contribution in [0.4, 0.5) is 5.13 Å². The van der Waals surface area contributed by atoms with Crippen LogP contribution in [0.25, 0.3) is 0 Å². The van der Waals surface area contributed by atoms with Crippen LogP contribution in [0.3, 0.4) is 0 Å². The number of hydrogen-bond acceptors (Lipinski definition) is 4. The van der Waals surface area contributed by atoms with E-state index in [0.29, 0.717) is 0 Å². The molecule has 0 aromatic carbocycles. The van der Waals surface area contributed by atoms with Crippen molar-refractivity contribution in [2.24, 2.45) is 0 Å². The molecule has 0 unspecified atom stereocenters. The van der Waals surface area contributed by atoms with E-state index in [9.17, 15) is 5.02 Å². The maximum absolute atomic E-state index is 10.1. The molecule has 0 radical (unpaired) electrons. The van der Waals surface area contributed by atoms with Crippen LogP contribution >= 0.6 is 11.3 Å². The molecule has 6 heteroatoms. The van der Waals surface area contributed by atoms with Crippen LogP contribution in [-0.2, 0) is 0 Å². The second-order valence-corrected chi connectivity index (χ2v) is 22.6. The zero-order valence-electron chi connectivity index (χ0n) is 17.2. The molecule has 1 aromatic rings. The van der Waals surface area contributed by atoms with Crippen molar-refractivity contribution in [3.63, 3.8) is 0 Å². The minimum atomic E-state index is -2.37.